The maximum absolute atomic E-state index is 6.71. The van der Waals surface area contributed by atoms with E-state index in [1.165, 1.54) is 60.8 Å². The van der Waals surface area contributed by atoms with Gasteiger partial charge < -0.3 is 14.1 Å². The number of anilines is 5. The molecule has 0 aliphatic carbocycles. The first kappa shape index (κ1) is 27.6. The largest absolute Gasteiger partial charge is 0.454 e. The molecule has 0 N–H and O–H groups in total. The van der Waals surface area contributed by atoms with Crippen LogP contribution < -0.4 is 25.8 Å². The molecule has 0 spiro atoms. The van der Waals surface area contributed by atoms with Crippen molar-refractivity contribution in [1.29, 1.82) is 0 Å². The smallest absolute Gasteiger partial charge is 0.333 e. The fourth-order valence-electron chi connectivity index (χ4n) is 8.48. The van der Waals surface area contributed by atoms with E-state index in [9.17, 15) is 0 Å². The van der Waals surface area contributed by atoms with Gasteiger partial charge >= 0.3 is 6.85 Å². The minimum absolute atomic E-state index is 0.0480. The van der Waals surface area contributed by atoms with E-state index in [0.29, 0.717) is 0 Å². The van der Waals surface area contributed by atoms with Crippen molar-refractivity contribution in [2.24, 2.45) is 0 Å². The molecule has 3 nitrogen and oxygen atoms in total. The van der Waals surface area contributed by atoms with Gasteiger partial charge in [0.2, 0.25) is 0 Å². The quantitative estimate of drug-likeness (QED) is 0.181. The van der Waals surface area contributed by atoms with Crippen molar-refractivity contribution < 1.29 is 4.42 Å². The molecule has 1 aromatic heterocycles. The summed E-state index contributed by atoms with van der Waals surface area (Å²) in [6, 6.07) is 53.4. The molecule has 2 aliphatic rings. The lowest BCUT2D eigenvalue weighted by atomic mass is 9.43. The standard InChI is InChI=1S/C43H33BN2OSi/c1-48(2,3)43-29-15-5-4-14-28(29)26-27-39(43)45-36-22-10-8-20-34(36)44-41-32(18-12-23-37(41)45)30-16-6-9-21-35(30)46(44)38-24-13-19-33-31-17-7-11-25-40(31)47-42(33)38/h4-27H,1-3H3. The second-order valence-electron chi connectivity index (χ2n) is 14.1. The van der Waals surface area contributed by atoms with E-state index in [4.69, 9.17) is 4.42 Å². The molecular formula is C43H33BN2OSi. The van der Waals surface area contributed by atoms with E-state index >= 15 is 0 Å². The lowest BCUT2D eigenvalue weighted by molar-refractivity contribution is 0.669. The van der Waals surface area contributed by atoms with Crippen molar-refractivity contribution in [3.05, 3.63) is 146 Å². The maximum atomic E-state index is 6.71. The van der Waals surface area contributed by atoms with Crippen LogP contribution in [0.5, 0.6) is 0 Å². The van der Waals surface area contributed by atoms with Gasteiger partial charge in [-0.3, -0.25) is 0 Å². The maximum Gasteiger partial charge on any atom is 0.333 e. The number of rotatable bonds is 3. The summed E-state index contributed by atoms with van der Waals surface area (Å²) in [7, 11) is -1.83. The predicted octanol–water partition coefficient (Wildman–Crippen LogP) is 9.99. The third-order valence-electron chi connectivity index (χ3n) is 10.3. The van der Waals surface area contributed by atoms with Gasteiger partial charge in [-0.15, -0.1) is 0 Å². The van der Waals surface area contributed by atoms with Gasteiger partial charge in [0.15, 0.2) is 5.58 Å². The van der Waals surface area contributed by atoms with Crippen molar-refractivity contribution in [3.63, 3.8) is 0 Å². The van der Waals surface area contributed by atoms with E-state index in [1.54, 1.807) is 0 Å². The minimum atomic E-state index is -1.83. The Balaban J connectivity index is 1.31. The molecule has 7 aromatic carbocycles. The Labute approximate surface area is 281 Å². The van der Waals surface area contributed by atoms with Crippen LogP contribution in [0.2, 0.25) is 19.6 Å². The van der Waals surface area contributed by atoms with Gasteiger partial charge in [0.1, 0.15) is 5.58 Å². The number of para-hydroxylation sites is 4. The minimum Gasteiger partial charge on any atom is -0.454 e. The highest BCUT2D eigenvalue weighted by molar-refractivity contribution is 6.94. The monoisotopic (exact) mass is 632 g/mol. The second kappa shape index (κ2) is 9.99. The molecule has 2 aliphatic heterocycles. The first-order valence-electron chi connectivity index (χ1n) is 16.8. The summed E-state index contributed by atoms with van der Waals surface area (Å²) < 4.78 is 6.71. The van der Waals surface area contributed by atoms with Gasteiger partial charge in [0.25, 0.3) is 0 Å². The van der Waals surface area contributed by atoms with Crippen molar-refractivity contribution in [2.45, 2.75) is 19.6 Å². The van der Waals surface area contributed by atoms with Gasteiger partial charge in [-0.1, -0.05) is 129 Å². The Hall–Kier alpha value is -5.52. The molecule has 0 saturated carbocycles. The molecule has 0 unspecified atom stereocenters. The molecule has 8 aromatic rings. The summed E-state index contributed by atoms with van der Waals surface area (Å²) in [6.45, 7) is 7.38. The van der Waals surface area contributed by atoms with Crippen LogP contribution in [-0.2, 0) is 0 Å². The van der Waals surface area contributed by atoms with Gasteiger partial charge in [-0.05, 0) is 68.8 Å². The topological polar surface area (TPSA) is 19.6 Å². The number of hydrogen-bond donors (Lipinski definition) is 0. The average Bonchev–Trinajstić information content (AvgIpc) is 3.50. The number of hydrogen-bond acceptors (Lipinski definition) is 3. The van der Waals surface area contributed by atoms with Crippen LogP contribution in [0, 0.1) is 0 Å². The zero-order valence-corrected chi connectivity index (χ0v) is 28.2. The molecule has 0 fully saturated rings. The van der Waals surface area contributed by atoms with Crippen LogP contribution in [-0.4, -0.2) is 14.9 Å². The molecular weight excluding hydrogens is 599 g/mol. The van der Waals surface area contributed by atoms with Crippen LogP contribution in [0.4, 0.5) is 28.4 Å². The second-order valence-corrected chi connectivity index (χ2v) is 19.1. The van der Waals surface area contributed by atoms with Crippen LogP contribution in [0.15, 0.2) is 150 Å². The molecule has 0 saturated heterocycles. The van der Waals surface area contributed by atoms with Crippen LogP contribution >= 0.6 is 0 Å². The van der Waals surface area contributed by atoms with Crippen LogP contribution in [0.1, 0.15) is 0 Å². The number of fused-ring (bicyclic) bond motifs is 8. The molecule has 10 rings (SSSR count). The Morgan fingerprint density at radius 1 is 0.500 bits per heavy atom. The van der Waals surface area contributed by atoms with E-state index in [-0.39, 0.29) is 6.85 Å². The average molecular weight is 633 g/mol. The van der Waals surface area contributed by atoms with Gasteiger partial charge in [0.05, 0.1) is 13.8 Å². The summed E-state index contributed by atoms with van der Waals surface area (Å²) in [5.74, 6) is 0. The van der Waals surface area contributed by atoms with Crippen LogP contribution in [0.3, 0.4) is 0 Å². The fraction of sp³-hybridized carbons (Fsp3) is 0.0698. The lowest BCUT2D eigenvalue weighted by Gasteiger charge is -2.46. The number of benzene rings is 7. The fourth-order valence-corrected chi connectivity index (χ4v) is 10.5. The van der Waals surface area contributed by atoms with Gasteiger partial charge in [-0.2, -0.15) is 0 Å². The predicted molar refractivity (Wildman–Crippen MR) is 208 cm³/mol. The molecule has 0 amide bonds. The normalized spacial score (nSPS) is 13.6. The molecule has 228 valence electrons. The van der Waals surface area contributed by atoms with Crippen molar-refractivity contribution in [1.82, 2.24) is 0 Å². The van der Waals surface area contributed by atoms with Crippen molar-refractivity contribution in [3.8, 4) is 11.1 Å². The zero-order chi connectivity index (χ0) is 32.1. The summed E-state index contributed by atoms with van der Waals surface area (Å²) in [6.07, 6.45) is 0. The SMILES string of the molecule is C[Si](C)(C)c1c(N2c3ccccc3B3c4c(cccc42)-c2ccccc2N3c2cccc3c2oc2ccccc23)ccc2ccccc12. The Morgan fingerprint density at radius 2 is 1.15 bits per heavy atom. The molecule has 5 heteroatoms. The summed E-state index contributed by atoms with van der Waals surface area (Å²) in [5, 5.41) is 6.44. The van der Waals surface area contributed by atoms with Gasteiger partial charge in [0, 0.05) is 39.1 Å². The van der Waals surface area contributed by atoms with Crippen molar-refractivity contribution in [2.75, 3.05) is 9.71 Å². The van der Waals surface area contributed by atoms with Crippen LogP contribution in [0.25, 0.3) is 43.8 Å². The van der Waals surface area contributed by atoms with Crippen molar-refractivity contribution >= 4 is 92.2 Å². The Morgan fingerprint density at radius 3 is 2.02 bits per heavy atom. The van der Waals surface area contributed by atoms with E-state index in [2.05, 4.69) is 175 Å². The molecule has 0 radical (unpaired) electrons. The lowest BCUT2D eigenvalue weighted by Crippen LogP contribution is -2.62. The summed E-state index contributed by atoms with van der Waals surface area (Å²) in [4.78, 5) is 5.11. The van der Waals surface area contributed by atoms with Gasteiger partial charge in [-0.25, -0.2) is 0 Å². The molecule has 48 heavy (non-hydrogen) atoms. The molecule has 3 heterocycles. The number of furan rings is 1. The third kappa shape index (κ3) is 3.76. The molecule has 0 atom stereocenters. The highest BCUT2D eigenvalue weighted by Gasteiger charge is 2.45. The van der Waals surface area contributed by atoms with E-state index < -0.39 is 8.07 Å². The van der Waals surface area contributed by atoms with E-state index in [0.717, 1.165) is 27.6 Å². The third-order valence-corrected chi connectivity index (χ3v) is 12.3. The zero-order valence-electron chi connectivity index (χ0n) is 27.2. The van der Waals surface area contributed by atoms with E-state index in [1.807, 2.05) is 0 Å². The number of nitrogens with zero attached hydrogens (tertiary/aromatic N) is 2. The first-order valence-corrected chi connectivity index (χ1v) is 20.3. The highest BCUT2D eigenvalue weighted by Crippen LogP contribution is 2.48. The highest BCUT2D eigenvalue weighted by atomic mass is 28.3. The first-order chi connectivity index (χ1) is 23.5. The Kier molecular flexibility index (Phi) is 5.74. The summed E-state index contributed by atoms with van der Waals surface area (Å²) in [5.41, 5.74) is 13.0. The molecule has 0 bridgehead atoms. The Bertz CT molecular complexity index is 2600. The summed E-state index contributed by atoms with van der Waals surface area (Å²) >= 11 is 0.